The molecular formula is C26H34N2O3. The van der Waals surface area contributed by atoms with Crippen molar-refractivity contribution in [3.05, 3.63) is 46.4 Å². The van der Waals surface area contributed by atoms with E-state index >= 15 is 0 Å². The zero-order chi connectivity index (χ0) is 21.3. The zero-order valence-electron chi connectivity index (χ0n) is 18.6. The van der Waals surface area contributed by atoms with E-state index in [0.29, 0.717) is 23.7 Å². The minimum absolute atomic E-state index is 0.0129. The van der Waals surface area contributed by atoms with Gasteiger partial charge in [0, 0.05) is 49.8 Å². The maximum atomic E-state index is 13.0. The number of likely N-dealkylation sites (tertiary alicyclic amines) is 1. The molecular weight excluding hydrogens is 388 g/mol. The van der Waals surface area contributed by atoms with Gasteiger partial charge in [0.05, 0.1) is 5.92 Å². The van der Waals surface area contributed by atoms with Crippen LogP contribution in [0.1, 0.15) is 57.1 Å². The summed E-state index contributed by atoms with van der Waals surface area (Å²) in [6, 6.07) is 5.68. The lowest BCUT2D eigenvalue weighted by Gasteiger charge is -2.50. The van der Waals surface area contributed by atoms with Crippen molar-refractivity contribution in [2.24, 2.45) is 29.1 Å². The Hall–Kier alpha value is -1.88. The Kier molecular flexibility index (Phi) is 4.51. The van der Waals surface area contributed by atoms with Gasteiger partial charge in [-0.15, -0.1) is 0 Å². The highest BCUT2D eigenvalue weighted by molar-refractivity contribution is 5.75. The molecule has 166 valence electrons. The van der Waals surface area contributed by atoms with Gasteiger partial charge >= 0.3 is 5.97 Å². The maximum absolute atomic E-state index is 13.0. The van der Waals surface area contributed by atoms with Crippen LogP contribution >= 0.6 is 0 Å². The summed E-state index contributed by atoms with van der Waals surface area (Å²) in [4.78, 5) is 27.8. The fourth-order valence-corrected chi connectivity index (χ4v) is 7.89. The highest BCUT2D eigenvalue weighted by Crippen LogP contribution is 2.57. The number of ether oxygens (including phenoxy) is 1. The first-order chi connectivity index (χ1) is 14.9. The summed E-state index contributed by atoms with van der Waals surface area (Å²) >= 11 is 0. The average molecular weight is 423 g/mol. The van der Waals surface area contributed by atoms with Gasteiger partial charge in [-0.3, -0.25) is 9.59 Å². The number of rotatable bonds is 2. The smallest absolute Gasteiger partial charge is 0.310 e. The van der Waals surface area contributed by atoms with E-state index < -0.39 is 0 Å². The van der Waals surface area contributed by atoms with E-state index in [0.717, 1.165) is 51.9 Å². The van der Waals surface area contributed by atoms with Gasteiger partial charge in [0.1, 0.15) is 6.10 Å². The van der Waals surface area contributed by atoms with E-state index in [1.54, 1.807) is 6.07 Å². The van der Waals surface area contributed by atoms with Crippen LogP contribution in [0.5, 0.6) is 0 Å². The highest BCUT2D eigenvalue weighted by Gasteiger charge is 2.55. The third kappa shape index (κ3) is 3.14. The van der Waals surface area contributed by atoms with Gasteiger partial charge in [-0.05, 0) is 61.8 Å². The second-order valence-electron chi connectivity index (χ2n) is 11.3. The van der Waals surface area contributed by atoms with Crippen molar-refractivity contribution in [2.45, 2.75) is 64.0 Å². The molecule has 0 N–H and O–H groups in total. The average Bonchev–Trinajstić information content (AvgIpc) is 3.01. The van der Waals surface area contributed by atoms with Crippen molar-refractivity contribution >= 4 is 5.97 Å². The molecule has 1 aromatic heterocycles. The molecule has 4 fully saturated rings. The van der Waals surface area contributed by atoms with Crippen LogP contribution in [0.25, 0.3) is 0 Å². The molecule has 1 aromatic rings. The Balaban J connectivity index is 1.20. The Labute approximate surface area is 184 Å². The number of esters is 1. The molecule has 0 aromatic carbocycles. The minimum atomic E-state index is -0.0129. The molecule has 3 aliphatic heterocycles. The van der Waals surface area contributed by atoms with Crippen LogP contribution in [0.15, 0.2) is 35.1 Å². The van der Waals surface area contributed by atoms with Crippen LogP contribution in [0.4, 0.5) is 0 Å². The van der Waals surface area contributed by atoms with E-state index in [-0.39, 0.29) is 29.0 Å². The van der Waals surface area contributed by atoms with Gasteiger partial charge in [-0.2, -0.15) is 0 Å². The van der Waals surface area contributed by atoms with Crippen molar-refractivity contribution in [3.63, 3.8) is 0 Å². The number of hydrogen-bond donors (Lipinski definition) is 0. The molecule has 5 nitrogen and oxygen atoms in total. The molecule has 2 saturated heterocycles. The van der Waals surface area contributed by atoms with Crippen molar-refractivity contribution in [1.29, 1.82) is 0 Å². The molecule has 0 radical (unpaired) electrons. The van der Waals surface area contributed by atoms with Crippen LogP contribution in [0.3, 0.4) is 0 Å². The first kappa shape index (κ1) is 19.8. The van der Waals surface area contributed by atoms with Crippen molar-refractivity contribution in [1.82, 2.24) is 9.47 Å². The predicted octanol–water partition coefficient (Wildman–Crippen LogP) is 3.58. The lowest BCUT2D eigenvalue weighted by Crippen LogP contribution is -2.50. The molecule has 0 spiro atoms. The van der Waals surface area contributed by atoms with Gasteiger partial charge < -0.3 is 14.2 Å². The molecule has 31 heavy (non-hydrogen) atoms. The maximum Gasteiger partial charge on any atom is 0.310 e. The van der Waals surface area contributed by atoms with Gasteiger partial charge in [-0.1, -0.05) is 25.1 Å². The molecule has 2 unspecified atom stereocenters. The molecule has 0 amide bonds. The number of nitrogens with zero attached hydrogens (tertiary/aromatic N) is 2. The lowest BCUT2D eigenvalue weighted by atomic mass is 9.55. The zero-order valence-corrected chi connectivity index (χ0v) is 18.6. The number of piperidine rings is 1. The lowest BCUT2D eigenvalue weighted by molar-refractivity contribution is -0.146. The van der Waals surface area contributed by atoms with Gasteiger partial charge in [0.25, 0.3) is 5.56 Å². The molecule has 2 saturated carbocycles. The predicted molar refractivity (Wildman–Crippen MR) is 119 cm³/mol. The number of pyridine rings is 1. The van der Waals surface area contributed by atoms with Crippen LogP contribution < -0.4 is 5.56 Å². The number of aromatic nitrogens is 1. The fourth-order valence-electron chi connectivity index (χ4n) is 7.89. The summed E-state index contributed by atoms with van der Waals surface area (Å²) in [5.41, 5.74) is 2.96. The third-order valence-electron chi connectivity index (χ3n) is 9.33. The van der Waals surface area contributed by atoms with Gasteiger partial charge in [0.15, 0.2) is 0 Å². The van der Waals surface area contributed by atoms with Gasteiger partial charge in [0.2, 0.25) is 0 Å². The Morgan fingerprint density at radius 2 is 2.06 bits per heavy atom. The number of carbonyl (C=O) groups excluding carboxylic acids is 1. The summed E-state index contributed by atoms with van der Waals surface area (Å²) in [5.74, 6) is 1.77. The monoisotopic (exact) mass is 422 g/mol. The second kappa shape index (κ2) is 7.06. The van der Waals surface area contributed by atoms with Crippen LogP contribution in [-0.4, -0.2) is 41.2 Å². The molecule has 2 aliphatic carbocycles. The first-order valence-corrected chi connectivity index (χ1v) is 12.2. The largest absolute Gasteiger partial charge is 0.462 e. The number of carbonyl (C=O) groups is 1. The molecule has 5 aliphatic rings. The van der Waals surface area contributed by atoms with Crippen LogP contribution in [-0.2, 0) is 16.1 Å². The summed E-state index contributed by atoms with van der Waals surface area (Å²) in [6.07, 6.45) is 6.92. The summed E-state index contributed by atoms with van der Waals surface area (Å²) in [6.45, 7) is 10.3. The summed E-state index contributed by atoms with van der Waals surface area (Å²) in [7, 11) is 0. The topological polar surface area (TPSA) is 51.5 Å². The Bertz CT molecular complexity index is 983. The van der Waals surface area contributed by atoms with Crippen molar-refractivity contribution in [3.8, 4) is 0 Å². The first-order valence-electron chi connectivity index (χ1n) is 12.2. The van der Waals surface area contributed by atoms with Gasteiger partial charge in [-0.25, -0.2) is 0 Å². The quantitative estimate of drug-likeness (QED) is 0.540. The second-order valence-corrected chi connectivity index (χ2v) is 11.3. The minimum Gasteiger partial charge on any atom is -0.462 e. The third-order valence-corrected chi connectivity index (χ3v) is 9.33. The van der Waals surface area contributed by atoms with E-state index in [4.69, 9.17) is 4.74 Å². The number of fused-ring (bicyclic) bond motifs is 6. The van der Waals surface area contributed by atoms with Crippen LogP contribution in [0, 0.1) is 29.1 Å². The molecule has 7 atom stereocenters. The van der Waals surface area contributed by atoms with E-state index in [9.17, 15) is 9.59 Å². The Morgan fingerprint density at radius 3 is 2.94 bits per heavy atom. The fraction of sp³-hybridized carbons (Fsp3) is 0.692. The SMILES string of the molecule is C=C1CCC[C@]2(C)C[C@H]3OC(=O)C(CN4C[C@H]5C[C@@H](C4)c4cccc(=O)n4C5)[C@H]3CC12. The van der Waals surface area contributed by atoms with E-state index in [1.165, 1.54) is 24.1 Å². The standard InChI is InChI=1S/C26H34N2O3/c1-16-5-4-8-26(2)11-23-19(10-21(16)26)20(25(30)31-23)15-27-12-17-9-18(14-27)22-6-3-7-24(29)28(22)13-17/h3,6-7,17-21,23H,1,4-5,8-15H2,2H3/t17-,18+,19-,20?,21?,23-,26-/m1/s1. The molecule has 2 bridgehead atoms. The number of hydrogen-bond acceptors (Lipinski definition) is 4. The molecule has 5 heteroatoms. The molecule has 4 heterocycles. The van der Waals surface area contributed by atoms with Crippen LogP contribution in [0.2, 0.25) is 0 Å². The Morgan fingerprint density at radius 1 is 1.19 bits per heavy atom. The van der Waals surface area contributed by atoms with Crippen molar-refractivity contribution < 1.29 is 9.53 Å². The van der Waals surface area contributed by atoms with E-state index in [1.807, 2.05) is 10.6 Å². The normalized spacial score (nSPS) is 41.8. The summed E-state index contributed by atoms with van der Waals surface area (Å²) in [5, 5.41) is 0. The summed E-state index contributed by atoms with van der Waals surface area (Å²) < 4.78 is 7.97. The van der Waals surface area contributed by atoms with Crippen molar-refractivity contribution in [2.75, 3.05) is 19.6 Å². The number of allylic oxidation sites excluding steroid dienone is 1. The molecule has 6 rings (SSSR count). The highest BCUT2D eigenvalue weighted by atomic mass is 16.6. The van der Waals surface area contributed by atoms with E-state index in [2.05, 4.69) is 24.5 Å².